The number of amides is 1. The molecule has 6 heteroatoms. The van der Waals surface area contributed by atoms with Gasteiger partial charge in [0.2, 0.25) is 0 Å². The molecule has 3 rings (SSSR count). The quantitative estimate of drug-likeness (QED) is 0.923. The number of carbonyl (C=O) groups excluding carboxylic acids is 1. The second-order valence-corrected chi connectivity index (χ2v) is 5.52. The molecule has 0 bridgehead atoms. The lowest BCUT2D eigenvalue weighted by Crippen LogP contribution is -2.35. The lowest BCUT2D eigenvalue weighted by molar-refractivity contribution is 0.0759. The summed E-state index contributed by atoms with van der Waals surface area (Å²) in [6.07, 6.45) is 8.60. The van der Waals surface area contributed by atoms with Crippen molar-refractivity contribution >= 4 is 5.91 Å². The van der Waals surface area contributed by atoms with Gasteiger partial charge in [0.15, 0.2) is 0 Å². The van der Waals surface area contributed by atoms with Crippen LogP contribution in [0.3, 0.4) is 0 Å². The summed E-state index contributed by atoms with van der Waals surface area (Å²) in [7, 11) is 1.79. The molecule has 0 radical (unpaired) electrons. The fourth-order valence-electron chi connectivity index (χ4n) is 2.82. The molecule has 6 nitrogen and oxygen atoms in total. The number of nitrogens with zero attached hydrogens (tertiary/aromatic N) is 4. The van der Waals surface area contributed by atoms with Crippen LogP contribution < -0.4 is 0 Å². The summed E-state index contributed by atoms with van der Waals surface area (Å²) in [5.41, 5.74) is 0.414. The molecule has 0 fully saturated rings. The van der Waals surface area contributed by atoms with Gasteiger partial charge in [-0.1, -0.05) is 0 Å². The minimum Gasteiger partial charge on any atom is -0.506 e. The molecule has 3 heterocycles. The monoisotopic (exact) mass is 286 g/mol. The van der Waals surface area contributed by atoms with Crippen LogP contribution in [0, 0.1) is 5.92 Å². The first-order valence-corrected chi connectivity index (χ1v) is 7.03. The molecule has 2 aromatic heterocycles. The lowest BCUT2D eigenvalue weighted by Gasteiger charge is -2.28. The maximum atomic E-state index is 12.3. The van der Waals surface area contributed by atoms with Crippen LogP contribution in [0.4, 0.5) is 0 Å². The zero-order chi connectivity index (χ0) is 14.8. The summed E-state index contributed by atoms with van der Waals surface area (Å²) in [6.45, 7) is 1.58. The molecule has 1 amide bonds. The number of hydrogen-bond donors (Lipinski definition) is 1. The summed E-state index contributed by atoms with van der Waals surface area (Å²) in [4.78, 5) is 22.2. The maximum Gasteiger partial charge on any atom is 0.255 e. The number of aromatic nitrogens is 3. The number of rotatable bonds is 3. The van der Waals surface area contributed by atoms with Crippen molar-refractivity contribution in [3.8, 4) is 5.75 Å². The first kappa shape index (κ1) is 13.6. The molecule has 0 aromatic carbocycles. The van der Waals surface area contributed by atoms with Gasteiger partial charge in [-0.05, 0) is 18.4 Å². The van der Waals surface area contributed by atoms with Crippen molar-refractivity contribution in [3.63, 3.8) is 0 Å². The third kappa shape index (κ3) is 2.89. The fourth-order valence-corrected chi connectivity index (χ4v) is 2.82. The van der Waals surface area contributed by atoms with Crippen LogP contribution in [0.5, 0.6) is 5.75 Å². The van der Waals surface area contributed by atoms with Gasteiger partial charge in [-0.25, -0.2) is 4.98 Å². The molecule has 21 heavy (non-hydrogen) atoms. The average Bonchev–Trinajstić information content (AvgIpc) is 2.94. The minimum absolute atomic E-state index is 0.00923. The van der Waals surface area contributed by atoms with Gasteiger partial charge < -0.3 is 14.6 Å². The summed E-state index contributed by atoms with van der Waals surface area (Å²) in [6, 6.07) is 1.45. The van der Waals surface area contributed by atoms with E-state index < -0.39 is 0 Å². The van der Waals surface area contributed by atoms with Gasteiger partial charge in [-0.15, -0.1) is 0 Å². The van der Waals surface area contributed by atoms with Crippen molar-refractivity contribution in [1.82, 2.24) is 19.4 Å². The molecule has 0 aliphatic carbocycles. The number of aromatic hydroxyl groups is 1. The molecule has 2 aromatic rings. The van der Waals surface area contributed by atoms with Crippen molar-refractivity contribution in [2.75, 3.05) is 13.6 Å². The highest BCUT2D eigenvalue weighted by Gasteiger charge is 2.22. The third-order valence-electron chi connectivity index (χ3n) is 3.88. The van der Waals surface area contributed by atoms with Crippen LogP contribution in [0.15, 0.2) is 30.9 Å². The van der Waals surface area contributed by atoms with E-state index in [-0.39, 0.29) is 11.7 Å². The first-order valence-electron chi connectivity index (χ1n) is 7.03. The Balaban J connectivity index is 1.64. The van der Waals surface area contributed by atoms with Crippen molar-refractivity contribution in [2.24, 2.45) is 5.92 Å². The molecule has 0 saturated heterocycles. The van der Waals surface area contributed by atoms with E-state index in [1.165, 1.54) is 18.5 Å². The Hall–Kier alpha value is -2.37. The Labute approximate surface area is 123 Å². The van der Waals surface area contributed by atoms with Crippen molar-refractivity contribution in [1.29, 1.82) is 0 Å². The van der Waals surface area contributed by atoms with Crippen LogP contribution >= 0.6 is 0 Å². The van der Waals surface area contributed by atoms with Crippen molar-refractivity contribution in [2.45, 2.75) is 19.4 Å². The Morgan fingerprint density at radius 2 is 2.38 bits per heavy atom. The van der Waals surface area contributed by atoms with Gasteiger partial charge >= 0.3 is 0 Å². The smallest absolute Gasteiger partial charge is 0.255 e. The highest BCUT2D eigenvalue weighted by atomic mass is 16.3. The van der Waals surface area contributed by atoms with Crippen LogP contribution in [0.1, 0.15) is 22.6 Å². The second kappa shape index (κ2) is 5.55. The van der Waals surface area contributed by atoms with E-state index in [4.69, 9.17) is 0 Å². The number of pyridine rings is 1. The molecule has 110 valence electrons. The summed E-state index contributed by atoms with van der Waals surface area (Å²) >= 11 is 0. The van der Waals surface area contributed by atoms with Crippen LogP contribution in [0.2, 0.25) is 0 Å². The number of carbonyl (C=O) groups is 1. The van der Waals surface area contributed by atoms with E-state index in [1.807, 2.05) is 12.4 Å². The lowest BCUT2D eigenvalue weighted by atomic mass is 9.98. The van der Waals surface area contributed by atoms with Gasteiger partial charge in [0, 0.05) is 45.1 Å². The van der Waals surface area contributed by atoms with E-state index in [9.17, 15) is 9.90 Å². The summed E-state index contributed by atoms with van der Waals surface area (Å²) in [5.74, 6) is 1.44. The van der Waals surface area contributed by atoms with E-state index in [1.54, 1.807) is 11.9 Å². The van der Waals surface area contributed by atoms with E-state index >= 15 is 0 Å². The number of imidazole rings is 1. The molecule has 0 saturated carbocycles. The minimum atomic E-state index is -0.116. The van der Waals surface area contributed by atoms with Gasteiger partial charge in [-0.3, -0.25) is 9.78 Å². The molecular weight excluding hydrogens is 268 g/mol. The first-order chi connectivity index (χ1) is 10.1. The van der Waals surface area contributed by atoms with Crippen LogP contribution in [-0.2, 0) is 13.0 Å². The molecular formula is C15H18N4O2. The van der Waals surface area contributed by atoms with Crippen LogP contribution in [0.25, 0.3) is 0 Å². The summed E-state index contributed by atoms with van der Waals surface area (Å²) < 4.78 is 2.16. The molecule has 0 spiro atoms. The van der Waals surface area contributed by atoms with Crippen molar-refractivity contribution < 1.29 is 9.90 Å². The largest absolute Gasteiger partial charge is 0.506 e. The molecule has 1 aliphatic rings. The standard InChI is InChI=1S/C15H18N4O2/c1-18(15(21)12-6-13(20)8-16-7-12)9-11-2-3-14-17-4-5-19(14)10-11/h4-8,11,20H,2-3,9-10H2,1H3. The predicted octanol–water partition coefficient (Wildman–Crippen LogP) is 1.32. The Kier molecular flexibility index (Phi) is 3.60. The highest BCUT2D eigenvalue weighted by Crippen LogP contribution is 2.20. The SMILES string of the molecule is CN(CC1CCc2nccn2C1)C(=O)c1cncc(O)c1. The van der Waals surface area contributed by atoms with E-state index in [0.717, 1.165) is 25.2 Å². The van der Waals surface area contributed by atoms with Crippen LogP contribution in [-0.4, -0.2) is 44.0 Å². The van der Waals surface area contributed by atoms with E-state index in [2.05, 4.69) is 14.5 Å². The predicted molar refractivity (Wildman–Crippen MR) is 76.9 cm³/mol. The average molecular weight is 286 g/mol. The highest BCUT2D eigenvalue weighted by molar-refractivity contribution is 5.94. The van der Waals surface area contributed by atoms with Crippen molar-refractivity contribution in [3.05, 3.63) is 42.2 Å². The van der Waals surface area contributed by atoms with Gasteiger partial charge in [0.25, 0.3) is 5.91 Å². The number of hydrogen-bond acceptors (Lipinski definition) is 4. The molecule has 1 N–H and O–H groups in total. The van der Waals surface area contributed by atoms with Gasteiger partial charge in [0.05, 0.1) is 11.8 Å². The fraction of sp³-hybridized carbons (Fsp3) is 0.400. The topological polar surface area (TPSA) is 71.2 Å². The Bertz CT molecular complexity index is 653. The normalized spacial score (nSPS) is 17.3. The number of fused-ring (bicyclic) bond motifs is 1. The zero-order valence-corrected chi connectivity index (χ0v) is 11.9. The van der Waals surface area contributed by atoms with Gasteiger partial charge in [0.1, 0.15) is 11.6 Å². The zero-order valence-electron chi connectivity index (χ0n) is 11.9. The Morgan fingerprint density at radius 1 is 1.52 bits per heavy atom. The maximum absolute atomic E-state index is 12.3. The van der Waals surface area contributed by atoms with Gasteiger partial charge in [-0.2, -0.15) is 0 Å². The molecule has 1 atom stereocenters. The summed E-state index contributed by atoms with van der Waals surface area (Å²) in [5, 5.41) is 9.41. The molecule has 1 aliphatic heterocycles. The van der Waals surface area contributed by atoms with E-state index in [0.29, 0.717) is 18.0 Å². The molecule has 1 unspecified atom stereocenters. The number of aryl methyl sites for hydroxylation is 1. The third-order valence-corrected chi connectivity index (χ3v) is 3.88. The second-order valence-electron chi connectivity index (χ2n) is 5.52. The Morgan fingerprint density at radius 3 is 3.19 bits per heavy atom.